The van der Waals surface area contributed by atoms with E-state index < -0.39 is 16.2 Å². The van der Waals surface area contributed by atoms with Crippen molar-refractivity contribution < 1.29 is 22.1 Å². The van der Waals surface area contributed by atoms with E-state index in [0.29, 0.717) is 25.3 Å². The molecule has 0 saturated heterocycles. The molecule has 0 spiro atoms. The zero-order chi connectivity index (χ0) is 19.0. The number of benzene rings is 2. The Bertz CT molecular complexity index is 801. The number of ether oxygens (including phenoxy) is 1. The molecule has 140 valence electrons. The highest BCUT2D eigenvalue weighted by Gasteiger charge is 2.08. The molecule has 0 saturated carbocycles. The van der Waals surface area contributed by atoms with Crippen molar-refractivity contribution in [3.05, 3.63) is 59.7 Å². The molecule has 0 aromatic heterocycles. The summed E-state index contributed by atoms with van der Waals surface area (Å²) in [6.07, 6.45) is 1.98. The maximum Gasteiger partial charge on any atom is 0.306 e. The van der Waals surface area contributed by atoms with Gasteiger partial charge in [0.05, 0.1) is 6.26 Å². The van der Waals surface area contributed by atoms with E-state index in [1.807, 2.05) is 31.2 Å². The summed E-state index contributed by atoms with van der Waals surface area (Å²) in [4.78, 5) is 10.9. The largest absolute Gasteiger partial charge is 0.383 e. The van der Waals surface area contributed by atoms with Crippen molar-refractivity contribution in [3.8, 4) is 5.75 Å². The molecule has 2 rings (SSSR count). The van der Waals surface area contributed by atoms with Gasteiger partial charge in [-0.2, -0.15) is 8.42 Å². The summed E-state index contributed by atoms with van der Waals surface area (Å²) in [5, 5.41) is 3.29. The molecule has 0 heterocycles. The van der Waals surface area contributed by atoms with Gasteiger partial charge in [-0.15, -0.1) is 0 Å². The van der Waals surface area contributed by atoms with Crippen molar-refractivity contribution in [1.82, 2.24) is 0 Å². The zero-order valence-electron chi connectivity index (χ0n) is 14.8. The Morgan fingerprint density at radius 2 is 1.65 bits per heavy atom. The highest BCUT2D eigenvalue weighted by Crippen LogP contribution is 2.16. The smallest absolute Gasteiger partial charge is 0.306 e. The van der Waals surface area contributed by atoms with E-state index in [4.69, 9.17) is 8.92 Å². The van der Waals surface area contributed by atoms with Crippen LogP contribution in [0.4, 0.5) is 5.69 Å². The van der Waals surface area contributed by atoms with Crippen LogP contribution in [-0.4, -0.2) is 33.7 Å². The fraction of sp³-hybridized carbons (Fsp3) is 0.316. The third-order valence-electron chi connectivity index (χ3n) is 3.59. The van der Waals surface area contributed by atoms with Gasteiger partial charge in [0, 0.05) is 25.3 Å². The fourth-order valence-electron chi connectivity index (χ4n) is 2.39. The van der Waals surface area contributed by atoms with Crippen LogP contribution in [0.3, 0.4) is 0 Å². The van der Waals surface area contributed by atoms with Crippen molar-refractivity contribution in [2.75, 3.05) is 18.2 Å². The molecule has 2 aromatic rings. The Kier molecular flexibility index (Phi) is 7.17. The maximum absolute atomic E-state index is 11.1. The number of anilines is 1. The van der Waals surface area contributed by atoms with Crippen molar-refractivity contribution in [1.29, 1.82) is 0 Å². The summed E-state index contributed by atoms with van der Waals surface area (Å²) in [5.41, 5.74) is 2.97. The molecular formula is C19H23NO5S. The topological polar surface area (TPSA) is 81.7 Å². The number of carbonyl (C=O) groups excluding carboxylic acids is 1. The molecule has 26 heavy (non-hydrogen) atoms. The maximum atomic E-state index is 11.1. The van der Waals surface area contributed by atoms with Gasteiger partial charge in [0.25, 0.3) is 0 Å². The van der Waals surface area contributed by atoms with Crippen LogP contribution in [-0.2, 0) is 32.6 Å². The Hall–Kier alpha value is -2.38. The SMILES string of the molecule is CCOC(C=O)Cc1ccc(NCc2ccc(OS(C)(=O)=O)cc2)cc1. The molecule has 0 radical (unpaired) electrons. The molecule has 0 amide bonds. The van der Waals surface area contributed by atoms with Crippen molar-refractivity contribution >= 4 is 22.1 Å². The fourth-order valence-corrected chi connectivity index (χ4v) is 2.85. The quantitative estimate of drug-likeness (QED) is 0.506. The van der Waals surface area contributed by atoms with Crippen LogP contribution < -0.4 is 9.50 Å². The molecule has 0 fully saturated rings. The van der Waals surface area contributed by atoms with E-state index in [-0.39, 0.29) is 0 Å². The number of rotatable bonds is 10. The van der Waals surface area contributed by atoms with Crippen LogP contribution in [0, 0.1) is 0 Å². The molecule has 0 aliphatic rings. The van der Waals surface area contributed by atoms with Gasteiger partial charge in [0.1, 0.15) is 18.1 Å². The van der Waals surface area contributed by atoms with Gasteiger partial charge < -0.3 is 19.0 Å². The number of aldehydes is 1. The van der Waals surface area contributed by atoms with Gasteiger partial charge in [-0.05, 0) is 42.3 Å². The standard InChI is InChI=1S/C19H23NO5S/c1-3-24-19(14-21)12-15-4-8-17(9-5-15)20-13-16-6-10-18(11-7-16)25-26(2,22)23/h4-11,14,19-20H,3,12-13H2,1-2H3. The lowest BCUT2D eigenvalue weighted by Crippen LogP contribution is -2.17. The second-order valence-corrected chi connectivity index (χ2v) is 7.39. The molecule has 0 aliphatic heterocycles. The Labute approximate surface area is 154 Å². The van der Waals surface area contributed by atoms with Crippen LogP contribution in [0.5, 0.6) is 5.75 Å². The third kappa shape index (κ3) is 6.85. The third-order valence-corrected chi connectivity index (χ3v) is 4.09. The van der Waals surface area contributed by atoms with E-state index in [1.54, 1.807) is 24.3 Å². The van der Waals surface area contributed by atoms with Gasteiger partial charge in [-0.3, -0.25) is 0 Å². The average Bonchev–Trinajstić information content (AvgIpc) is 2.60. The first-order chi connectivity index (χ1) is 12.4. The molecule has 1 N–H and O–H groups in total. The molecule has 7 heteroatoms. The molecule has 2 aromatic carbocycles. The molecule has 0 bridgehead atoms. The highest BCUT2D eigenvalue weighted by atomic mass is 32.2. The normalized spacial score (nSPS) is 12.4. The minimum Gasteiger partial charge on any atom is -0.383 e. The van der Waals surface area contributed by atoms with E-state index >= 15 is 0 Å². The predicted molar refractivity (Wildman–Crippen MR) is 101 cm³/mol. The summed E-state index contributed by atoms with van der Waals surface area (Å²) in [7, 11) is -3.51. The van der Waals surface area contributed by atoms with Gasteiger partial charge in [-0.1, -0.05) is 24.3 Å². The monoisotopic (exact) mass is 377 g/mol. The number of hydrogen-bond acceptors (Lipinski definition) is 6. The van der Waals surface area contributed by atoms with Crippen LogP contribution in [0.1, 0.15) is 18.1 Å². The van der Waals surface area contributed by atoms with E-state index in [0.717, 1.165) is 29.4 Å². The second kappa shape index (κ2) is 9.35. The lowest BCUT2D eigenvalue weighted by molar-refractivity contribution is -0.117. The first kappa shape index (κ1) is 19.9. The van der Waals surface area contributed by atoms with Crippen LogP contribution >= 0.6 is 0 Å². The van der Waals surface area contributed by atoms with Crippen LogP contribution in [0.15, 0.2) is 48.5 Å². The van der Waals surface area contributed by atoms with Gasteiger partial charge in [-0.25, -0.2) is 0 Å². The molecule has 0 aliphatic carbocycles. The lowest BCUT2D eigenvalue weighted by atomic mass is 10.1. The van der Waals surface area contributed by atoms with E-state index in [1.165, 1.54) is 0 Å². The summed E-state index contributed by atoms with van der Waals surface area (Å²) in [6.45, 7) is 2.97. The minimum absolute atomic E-state index is 0.291. The number of nitrogens with one attached hydrogen (secondary N) is 1. The molecule has 1 unspecified atom stereocenters. The Balaban J connectivity index is 1.88. The van der Waals surface area contributed by atoms with Crippen molar-refractivity contribution in [2.24, 2.45) is 0 Å². The predicted octanol–water partition coefficient (Wildman–Crippen LogP) is 2.78. The first-order valence-corrected chi connectivity index (χ1v) is 10.1. The first-order valence-electron chi connectivity index (χ1n) is 8.27. The number of hydrogen-bond donors (Lipinski definition) is 1. The molecule has 6 nitrogen and oxygen atoms in total. The lowest BCUT2D eigenvalue weighted by Gasteiger charge is -2.11. The van der Waals surface area contributed by atoms with Crippen LogP contribution in [0.25, 0.3) is 0 Å². The molecule has 1 atom stereocenters. The summed E-state index contributed by atoms with van der Waals surface area (Å²) < 4.78 is 32.3. The van der Waals surface area contributed by atoms with Gasteiger partial charge >= 0.3 is 10.1 Å². The van der Waals surface area contributed by atoms with Gasteiger partial charge in [0.15, 0.2) is 0 Å². The van der Waals surface area contributed by atoms with Crippen molar-refractivity contribution in [2.45, 2.75) is 26.0 Å². The summed E-state index contributed by atoms with van der Waals surface area (Å²) in [5.74, 6) is 0.291. The zero-order valence-corrected chi connectivity index (χ0v) is 15.7. The van der Waals surface area contributed by atoms with E-state index in [2.05, 4.69) is 5.32 Å². The average molecular weight is 377 g/mol. The Morgan fingerprint density at radius 3 is 2.19 bits per heavy atom. The number of carbonyl (C=O) groups is 1. The highest BCUT2D eigenvalue weighted by molar-refractivity contribution is 7.86. The minimum atomic E-state index is -3.51. The Morgan fingerprint density at radius 1 is 1.04 bits per heavy atom. The van der Waals surface area contributed by atoms with Crippen molar-refractivity contribution in [3.63, 3.8) is 0 Å². The second-order valence-electron chi connectivity index (χ2n) is 5.82. The van der Waals surface area contributed by atoms with E-state index in [9.17, 15) is 13.2 Å². The summed E-state index contributed by atoms with van der Waals surface area (Å²) >= 11 is 0. The van der Waals surface area contributed by atoms with Gasteiger partial charge in [0.2, 0.25) is 0 Å². The molecular weight excluding hydrogens is 354 g/mol. The summed E-state index contributed by atoms with van der Waals surface area (Å²) in [6, 6.07) is 14.7. The van der Waals surface area contributed by atoms with Crippen LogP contribution in [0.2, 0.25) is 0 Å².